The number of halogens is 2. The van der Waals surface area contributed by atoms with E-state index in [0.717, 1.165) is 0 Å². The Morgan fingerprint density at radius 3 is 2.47 bits per heavy atom. The van der Waals surface area contributed by atoms with E-state index < -0.39 is 9.05 Å². The van der Waals surface area contributed by atoms with Gasteiger partial charge in [-0.1, -0.05) is 11.6 Å². The highest BCUT2D eigenvalue weighted by molar-refractivity contribution is 8.13. The number of nitrogens with one attached hydrogen (secondary N) is 1. The number of hydrogen-bond donors (Lipinski definition) is 1. The Labute approximate surface area is 109 Å². The van der Waals surface area contributed by atoms with Gasteiger partial charge in [0.2, 0.25) is 0 Å². The smallest absolute Gasteiger partial charge is 0.261 e. The largest absolute Gasteiger partial charge is 0.352 e. The molecule has 0 saturated heterocycles. The molecule has 0 spiro atoms. The molecule has 0 unspecified atom stereocenters. The summed E-state index contributed by atoms with van der Waals surface area (Å²) < 4.78 is 22.4. The highest BCUT2D eigenvalue weighted by Gasteiger charge is 2.18. The average molecular weight is 296 g/mol. The fourth-order valence-electron chi connectivity index (χ4n) is 1.29. The molecule has 0 heterocycles. The number of carbonyl (C=O) groups is 1. The molecule has 0 saturated carbocycles. The average Bonchev–Trinajstić information content (AvgIpc) is 2.20. The second kappa shape index (κ2) is 5.25. The third-order valence-electron chi connectivity index (χ3n) is 2.18. The summed E-state index contributed by atoms with van der Waals surface area (Å²) in [6, 6.07) is 2.44. The van der Waals surface area contributed by atoms with Crippen LogP contribution in [-0.4, -0.2) is 20.9 Å². The Morgan fingerprint density at radius 2 is 2.00 bits per heavy atom. The fourth-order valence-corrected chi connectivity index (χ4v) is 2.35. The van der Waals surface area contributed by atoms with Gasteiger partial charge in [0.05, 0.1) is 4.90 Å². The van der Waals surface area contributed by atoms with Gasteiger partial charge in [0.15, 0.2) is 0 Å². The minimum absolute atomic E-state index is 0.184. The van der Waals surface area contributed by atoms with Crippen molar-refractivity contribution in [3.63, 3.8) is 0 Å². The zero-order chi connectivity index (χ0) is 13.2. The molecule has 0 aromatic heterocycles. The van der Waals surface area contributed by atoms with E-state index in [0.29, 0.717) is 12.1 Å². The maximum Gasteiger partial charge on any atom is 0.261 e. The molecular weight excluding hydrogens is 285 g/mol. The van der Waals surface area contributed by atoms with Crippen LogP contribution in [0.5, 0.6) is 0 Å². The van der Waals surface area contributed by atoms with Gasteiger partial charge in [-0.05, 0) is 31.5 Å². The first-order valence-electron chi connectivity index (χ1n) is 4.80. The second-order valence-electron chi connectivity index (χ2n) is 3.37. The SMILES string of the molecule is CCNC(=O)c1cc(S(=O)(=O)Cl)cc(Cl)c1C. The first-order chi connectivity index (χ1) is 7.77. The van der Waals surface area contributed by atoms with Crippen LogP contribution in [0.15, 0.2) is 17.0 Å². The summed E-state index contributed by atoms with van der Waals surface area (Å²) in [6.07, 6.45) is 0. The van der Waals surface area contributed by atoms with Crippen molar-refractivity contribution in [2.24, 2.45) is 0 Å². The zero-order valence-corrected chi connectivity index (χ0v) is 11.6. The lowest BCUT2D eigenvalue weighted by atomic mass is 10.1. The van der Waals surface area contributed by atoms with Crippen molar-refractivity contribution < 1.29 is 13.2 Å². The van der Waals surface area contributed by atoms with Crippen LogP contribution in [0.2, 0.25) is 5.02 Å². The predicted octanol–water partition coefficient (Wildman–Crippen LogP) is 2.33. The summed E-state index contributed by atoms with van der Waals surface area (Å²) in [5.41, 5.74) is 0.722. The number of benzene rings is 1. The summed E-state index contributed by atoms with van der Waals surface area (Å²) in [4.78, 5) is 11.5. The van der Waals surface area contributed by atoms with Crippen LogP contribution >= 0.6 is 22.3 Å². The van der Waals surface area contributed by atoms with Gasteiger partial charge in [0.1, 0.15) is 0 Å². The van der Waals surface area contributed by atoms with Crippen molar-refractivity contribution in [1.82, 2.24) is 5.32 Å². The van der Waals surface area contributed by atoms with Crippen molar-refractivity contribution in [3.8, 4) is 0 Å². The first-order valence-corrected chi connectivity index (χ1v) is 7.49. The van der Waals surface area contributed by atoms with Crippen molar-refractivity contribution in [1.29, 1.82) is 0 Å². The van der Waals surface area contributed by atoms with E-state index in [1.807, 2.05) is 0 Å². The molecule has 7 heteroatoms. The van der Waals surface area contributed by atoms with Crippen LogP contribution < -0.4 is 5.32 Å². The maximum absolute atomic E-state index is 11.7. The molecule has 1 rings (SSSR count). The van der Waals surface area contributed by atoms with Gasteiger partial charge in [0.25, 0.3) is 15.0 Å². The van der Waals surface area contributed by atoms with E-state index in [-0.39, 0.29) is 21.4 Å². The van der Waals surface area contributed by atoms with Gasteiger partial charge < -0.3 is 5.32 Å². The van der Waals surface area contributed by atoms with Gasteiger partial charge in [-0.3, -0.25) is 4.79 Å². The van der Waals surface area contributed by atoms with Gasteiger partial charge in [-0.2, -0.15) is 0 Å². The molecule has 0 atom stereocenters. The van der Waals surface area contributed by atoms with Crippen molar-refractivity contribution >= 4 is 37.2 Å². The topological polar surface area (TPSA) is 63.2 Å². The predicted molar refractivity (Wildman–Crippen MR) is 67.2 cm³/mol. The van der Waals surface area contributed by atoms with Crippen LogP contribution in [-0.2, 0) is 9.05 Å². The first kappa shape index (κ1) is 14.3. The standard InChI is InChI=1S/C10H11Cl2NO3S/c1-3-13-10(14)8-4-7(17(12,15)16)5-9(11)6(8)2/h4-5H,3H2,1-2H3,(H,13,14). The van der Waals surface area contributed by atoms with E-state index in [9.17, 15) is 13.2 Å². The summed E-state index contributed by atoms with van der Waals surface area (Å²) in [5, 5.41) is 2.76. The third kappa shape index (κ3) is 3.34. The molecule has 0 bridgehead atoms. The molecule has 1 N–H and O–H groups in total. The lowest BCUT2D eigenvalue weighted by Crippen LogP contribution is -2.23. The molecule has 0 fully saturated rings. The highest BCUT2D eigenvalue weighted by Crippen LogP contribution is 2.26. The molecule has 0 aliphatic heterocycles. The van der Waals surface area contributed by atoms with Gasteiger partial charge in [0, 0.05) is 27.8 Å². The van der Waals surface area contributed by atoms with Gasteiger partial charge in [-0.15, -0.1) is 0 Å². The Hall–Kier alpha value is -0.780. The molecule has 17 heavy (non-hydrogen) atoms. The van der Waals surface area contributed by atoms with E-state index in [2.05, 4.69) is 5.32 Å². The van der Waals surface area contributed by atoms with E-state index in [4.69, 9.17) is 22.3 Å². The molecule has 0 aliphatic carbocycles. The highest BCUT2D eigenvalue weighted by atomic mass is 35.7. The molecule has 94 valence electrons. The maximum atomic E-state index is 11.7. The van der Waals surface area contributed by atoms with Crippen molar-refractivity contribution in [3.05, 3.63) is 28.3 Å². The Morgan fingerprint density at radius 1 is 1.41 bits per heavy atom. The lowest BCUT2D eigenvalue weighted by molar-refractivity contribution is 0.0955. The monoisotopic (exact) mass is 295 g/mol. The van der Waals surface area contributed by atoms with Crippen LogP contribution in [0.4, 0.5) is 0 Å². The molecule has 0 radical (unpaired) electrons. The molecule has 4 nitrogen and oxygen atoms in total. The van der Waals surface area contributed by atoms with E-state index in [1.165, 1.54) is 12.1 Å². The van der Waals surface area contributed by atoms with E-state index >= 15 is 0 Å². The minimum Gasteiger partial charge on any atom is -0.352 e. The van der Waals surface area contributed by atoms with Crippen LogP contribution in [0, 0.1) is 6.92 Å². The molecular formula is C10H11Cl2NO3S. The normalized spacial score (nSPS) is 11.3. The van der Waals surface area contributed by atoms with E-state index in [1.54, 1.807) is 13.8 Å². The van der Waals surface area contributed by atoms with Crippen molar-refractivity contribution in [2.45, 2.75) is 18.7 Å². The molecule has 1 aromatic rings. The minimum atomic E-state index is -3.91. The Bertz CT molecular complexity index is 555. The second-order valence-corrected chi connectivity index (χ2v) is 6.35. The van der Waals surface area contributed by atoms with Crippen LogP contribution in [0.25, 0.3) is 0 Å². The quantitative estimate of drug-likeness (QED) is 0.871. The summed E-state index contributed by atoms with van der Waals surface area (Å²) >= 11 is 5.87. The molecule has 1 aromatic carbocycles. The van der Waals surface area contributed by atoms with Gasteiger partial charge >= 0.3 is 0 Å². The number of rotatable bonds is 3. The Kier molecular flexibility index (Phi) is 4.41. The summed E-state index contributed by atoms with van der Waals surface area (Å²) in [6.45, 7) is 3.84. The van der Waals surface area contributed by atoms with Gasteiger partial charge in [-0.25, -0.2) is 8.42 Å². The number of amides is 1. The summed E-state index contributed by atoms with van der Waals surface area (Å²) in [7, 11) is 1.31. The fraction of sp³-hybridized carbons (Fsp3) is 0.300. The number of carbonyl (C=O) groups excluding carboxylic acids is 1. The molecule has 1 amide bonds. The van der Waals surface area contributed by atoms with Crippen LogP contribution in [0.3, 0.4) is 0 Å². The molecule has 0 aliphatic rings. The van der Waals surface area contributed by atoms with Crippen molar-refractivity contribution in [2.75, 3.05) is 6.54 Å². The Balaban J connectivity index is 3.40. The number of hydrogen-bond acceptors (Lipinski definition) is 3. The van der Waals surface area contributed by atoms with Crippen LogP contribution in [0.1, 0.15) is 22.8 Å². The zero-order valence-electron chi connectivity index (χ0n) is 9.25. The lowest BCUT2D eigenvalue weighted by Gasteiger charge is -2.09. The summed E-state index contributed by atoms with van der Waals surface area (Å²) in [5.74, 6) is -0.380. The third-order valence-corrected chi connectivity index (χ3v) is 3.91.